The van der Waals surface area contributed by atoms with E-state index in [1.807, 2.05) is 0 Å². The van der Waals surface area contributed by atoms with Crippen molar-refractivity contribution in [2.45, 2.75) is 20.3 Å². The molecule has 1 rings (SSSR count). The highest BCUT2D eigenvalue weighted by atomic mass is 32.2. The normalized spacial score (nSPS) is 11.4. The van der Waals surface area contributed by atoms with Crippen LogP contribution in [0.4, 0.5) is 0 Å². The second kappa shape index (κ2) is 8.64. The number of benzene rings is 1. The summed E-state index contributed by atoms with van der Waals surface area (Å²) in [4.78, 5) is 22.6. The molecule has 0 heterocycles. The number of carbonyl (C=O) groups excluding carboxylic acids is 1. The van der Waals surface area contributed by atoms with Gasteiger partial charge in [0.05, 0.1) is 5.56 Å². The molecule has 0 aliphatic carbocycles. The summed E-state index contributed by atoms with van der Waals surface area (Å²) in [7, 11) is -3.59. The number of hydrogen-bond donors (Lipinski definition) is 2. The van der Waals surface area contributed by atoms with E-state index in [1.54, 1.807) is 26.0 Å². The third kappa shape index (κ3) is 5.99. The third-order valence-corrected chi connectivity index (χ3v) is 5.25. The van der Waals surface area contributed by atoms with Crippen molar-refractivity contribution in [3.63, 3.8) is 0 Å². The molecular weight excluding hydrogens is 320 g/mol. The van der Waals surface area contributed by atoms with Crippen LogP contribution in [0.2, 0.25) is 0 Å². The summed E-state index contributed by atoms with van der Waals surface area (Å²) in [5.74, 6) is -2.16. The molecule has 0 aliphatic heterocycles. The molecule has 8 heteroatoms. The number of sulfonamides is 1. The minimum atomic E-state index is -3.59. The third-order valence-electron chi connectivity index (χ3n) is 3.32. The van der Waals surface area contributed by atoms with Crippen molar-refractivity contribution in [3.05, 3.63) is 35.4 Å². The molecule has 0 aliphatic rings. The predicted molar refractivity (Wildman–Crippen MR) is 86.8 cm³/mol. The number of nitrogens with zero attached hydrogens (tertiary/aromatic N) is 1. The highest BCUT2D eigenvalue weighted by Gasteiger charge is 2.22. The number of carboxylic acids is 1. The van der Waals surface area contributed by atoms with Crippen molar-refractivity contribution in [2.24, 2.45) is 0 Å². The van der Waals surface area contributed by atoms with Gasteiger partial charge >= 0.3 is 5.97 Å². The molecule has 23 heavy (non-hydrogen) atoms. The van der Waals surface area contributed by atoms with Crippen molar-refractivity contribution in [3.8, 4) is 0 Å². The minimum absolute atomic E-state index is 0.179. The molecule has 0 unspecified atom stereocenters. The topological polar surface area (TPSA) is 104 Å². The van der Waals surface area contributed by atoms with Gasteiger partial charge in [-0.1, -0.05) is 26.0 Å². The van der Waals surface area contributed by atoms with E-state index in [0.29, 0.717) is 19.5 Å². The molecule has 0 fully saturated rings. The summed E-state index contributed by atoms with van der Waals surface area (Å²) in [5.41, 5.74) is 0.940. The Balaban J connectivity index is 2.51. The van der Waals surface area contributed by atoms with Crippen LogP contribution in [-0.2, 0) is 21.2 Å². The van der Waals surface area contributed by atoms with Crippen molar-refractivity contribution < 1.29 is 23.1 Å². The second-order valence-electron chi connectivity index (χ2n) is 4.95. The fourth-order valence-electron chi connectivity index (χ4n) is 2.13. The van der Waals surface area contributed by atoms with E-state index in [4.69, 9.17) is 5.11 Å². The standard InChI is InChI=1S/C15H22N2O5S/c1-3-17(4-2)23(21,22)11-14(18)16-9-8-12-6-5-7-13(10-12)15(19)20/h5-7,10H,3-4,8-9,11H2,1-2H3,(H,16,18)(H,19,20). The summed E-state index contributed by atoms with van der Waals surface area (Å²) in [6.45, 7) is 4.33. The van der Waals surface area contributed by atoms with Gasteiger partial charge in [-0.25, -0.2) is 17.5 Å². The van der Waals surface area contributed by atoms with Gasteiger partial charge in [0.2, 0.25) is 15.9 Å². The fraction of sp³-hybridized carbons (Fsp3) is 0.467. The Kier molecular flexibility index (Phi) is 7.18. The Hall–Kier alpha value is -1.93. The fourth-order valence-corrected chi connectivity index (χ4v) is 3.53. The number of carboxylic acid groups (broad SMARTS) is 1. The molecule has 7 nitrogen and oxygen atoms in total. The lowest BCUT2D eigenvalue weighted by Gasteiger charge is -2.17. The van der Waals surface area contributed by atoms with Gasteiger partial charge in [0.1, 0.15) is 5.75 Å². The maximum Gasteiger partial charge on any atom is 0.335 e. The van der Waals surface area contributed by atoms with E-state index in [1.165, 1.54) is 16.4 Å². The molecule has 1 aromatic rings. The monoisotopic (exact) mass is 342 g/mol. The Morgan fingerprint density at radius 3 is 2.43 bits per heavy atom. The van der Waals surface area contributed by atoms with Crippen LogP contribution in [0.15, 0.2) is 24.3 Å². The highest BCUT2D eigenvalue weighted by Crippen LogP contribution is 2.06. The molecule has 128 valence electrons. The van der Waals surface area contributed by atoms with Gasteiger partial charge in [0.15, 0.2) is 0 Å². The molecule has 0 saturated heterocycles. The van der Waals surface area contributed by atoms with Crippen LogP contribution in [0.25, 0.3) is 0 Å². The Morgan fingerprint density at radius 1 is 1.22 bits per heavy atom. The summed E-state index contributed by atoms with van der Waals surface area (Å²) in [5, 5.41) is 11.5. The van der Waals surface area contributed by atoms with Crippen LogP contribution < -0.4 is 5.32 Å². The van der Waals surface area contributed by atoms with E-state index >= 15 is 0 Å². The minimum Gasteiger partial charge on any atom is -0.478 e. The lowest BCUT2D eigenvalue weighted by molar-refractivity contribution is -0.118. The first-order chi connectivity index (χ1) is 10.8. The lowest BCUT2D eigenvalue weighted by Crippen LogP contribution is -2.39. The molecule has 0 radical (unpaired) electrons. The van der Waals surface area contributed by atoms with Crippen LogP contribution in [0.3, 0.4) is 0 Å². The number of hydrogen-bond acceptors (Lipinski definition) is 4. The van der Waals surface area contributed by atoms with Crippen LogP contribution in [0.1, 0.15) is 29.8 Å². The van der Waals surface area contributed by atoms with E-state index in [-0.39, 0.29) is 12.1 Å². The average molecular weight is 342 g/mol. The molecule has 0 saturated carbocycles. The summed E-state index contributed by atoms with van der Waals surface area (Å²) in [6, 6.07) is 6.40. The van der Waals surface area contributed by atoms with Crippen LogP contribution in [0.5, 0.6) is 0 Å². The first kappa shape index (κ1) is 19.1. The van der Waals surface area contributed by atoms with Crippen LogP contribution in [-0.4, -0.2) is 55.1 Å². The van der Waals surface area contributed by atoms with Gasteiger partial charge in [0.25, 0.3) is 0 Å². The Labute approximate surface area is 136 Å². The molecule has 0 bridgehead atoms. The second-order valence-corrected chi connectivity index (χ2v) is 6.91. The largest absolute Gasteiger partial charge is 0.478 e. The Bertz CT molecular complexity index is 654. The van der Waals surface area contributed by atoms with E-state index in [2.05, 4.69) is 5.32 Å². The Morgan fingerprint density at radius 2 is 1.87 bits per heavy atom. The van der Waals surface area contributed by atoms with Crippen molar-refractivity contribution in [2.75, 3.05) is 25.4 Å². The van der Waals surface area contributed by atoms with E-state index in [0.717, 1.165) is 5.56 Å². The quantitative estimate of drug-likeness (QED) is 0.688. The number of carbonyl (C=O) groups is 2. The highest BCUT2D eigenvalue weighted by molar-refractivity contribution is 7.89. The van der Waals surface area contributed by atoms with Crippen LogP contribution in [0, 0.1) is 0 Å². The van der Waals surface area contributed by atoms with Gasteiger partial charge in [-0.05, 0) is 24.1 Å². The predicted octanol–water partition coefficient (Wildman–Crippen LogP) is 0.715. The zero-order chi connectivity index (χ0) is 17.5. The molecule has 1 aromatic carbocycles. The molecule has 0 atom stereocenters. The van der Waals surface area contributed by atoms with Crippen LogP contribution >= 0.6 is 0 Å². The molecule has 2 N–H and O–H groups in total. The smallest absolute Gasteiger partial charge is 0.335 e. The average Bonchev–Trinajstić information content (AvgIpc) is 2.47. The molecule has 0 aromatic heterocycles. The lowest BCUT2D eigenvalue weighted by atomic mass is 10.1. The van der Waals surface area contributed by atoms with Crippen molar-refractivity contribution in [1.82, 2.24) is 9.62 Å². The number of rotatable bonds is 9. The summed E-state index contributed by atoms with van der Waals surface area (Å²) >= 11 is 0. The number of nitrogens with one attached hydrogen (secondary N) is 1. The number of amides is 1. The maximum absolute atomic E-state index is 12.0. The molecule has 1 amide bonds. The van der Waals surface area contributed by atoms with Gasteiger partial charge in [0, 0.05) is 19.6 Å². The van der Waals surface area contributed by atoms with Crippen molar-refractivity contribution in [1.29, 1.82) is 0 Å². The van der Waals surface area contributed by atoms with Gasteiger partial charge < -0.3 is 10.4 Å². The van der Waals surface area contributed by atoms with E-state index < -0.39 is 27.7 Å². The first-order valence-corrected chi connectivity index (χ1v) is 8.97. The van der Waals surface area contributed by atoms with Gasteiger partial charge in [-0.3, -0.25) is 4.79 Å². The van der Waals surface area contributed by atoms with Gasteiger partial charge in [-0.15, -0.1) is 0 Å². The molecule has 0 spiro atoms. The zero-order valence-electron chi connectivity index (χ0n) is 13.3. The summed E-state index contributed by atoms with van der Waals surface area (Å²) < 4.78 is 25.2. The van der Waals surface area contributed by atoms with E-state index in [9.17, 15) is 18.0 Å². The maximum atomic E-state index is 12.0. The first-order valence-electron chi connectivity index (χ1n) is 7.37. The van der Waals surface area contributed by atoms with Crippen molar-refractivity contribution >= 4 is 21.9 Å². The van der Waals surface area contributed by atoms with Gasteiger partial charge in [-0.2, -0.15) is 0 Å². The molecular formula is C15H22N2O5S. The zero-order valence-corrected chi connectivity index (χ0v) is 14.1. The summed E-state index contributed by atoms with van der Waals surface area (Å²) in [6.07, 6.45) is 0.429. The number of aromatic carboxylic acids is 1. The SMILES string of the molecule is CCN(CC)S(=O)(=O)CC(=O)NCCc1cccc(C(=O)O)c1.